The molecule has 0 aromatic heterocycles. The third-order valence-electron chi connectivity index (χ3n) is 3.79. The van der Waals surface area contributed by atoms with Gasteiger partial charge in [0.1, 0.15) is 6.04 Å². The predicted molar refractivity (Wildman–Crippen MR) is 90.6 cm³/mol. The number of carbonyl (C=O) groups excluding carboxylic acids is 2. The lowest BCUT2D eigenvalue weighted by molar-refractivity contribution is -0.385. The maximum absolute atomic E-state index is 12.2. The van der Waals surface area contributed by atoms with Gasteiger partial charge in [-0.05, 0) is 25.1 Å². The molecular formula is C17H15N3O5. The Morgan fingerprint density at radius 2 is 2.08 bits per heavy atom. The van der Waals surface area contributed by atoms with E-state index in [4.69, 9.17) is 4.74 Å². The van der Waals surface area contributed by atoms with Crippen molar-refractivity contribution in [3.63, 3.8) is 0 Å². The van der Waals surface area contributed by atoms with E-state index >= 15 is 0 Å². The maximum Gasteiger partial charge on any atom is 0.334 e. The smallest absolute Gasteiger partial charge is 0.334 e. The van der Waals surface area contributed by atoms with Gasteiger partial charge >= 0.3 is 5.97 Å². The molecule has 1 aliphatic rings. The molecule has 2 aromatic rings. The van der Waals surface area contributed by atoms with E-state index in [0.29, 0.717) is 22.7 Å². The number of amides is 1. The van der Waals surface area contributed by atoms with Gasteiger partial charge in [0, 0.05) is 17.3 Å². The second-order valence-electron chi connectivity index (χ2n) is 5.62. The maximum atomic E-state index is 12.2. The first kappa shape index (κ1) is 16.4. The monoisotopic (exact) mass is 341 g/mol. The highest BCUT2D eigenvalue weighted by atomic mass is 16.6. The summed E-state index contributed by atoms with van der Waals surface area (Å²) in [4.78, 5) is 34.6. The number of esters is 1. The Kier molecular flexibility index (Phi) is 4.34. The molecule has 0 saturated heterocycles. The van der Waals surface area contributed by atoms with Gasteiger partial charge in [0.05, 0.1) is 17.0 Å². The van der Waals surface area contributed by atoms with Crippen molar-refractivity contribution in [1.29, 1.82) is 0 Å². The zero-order valence-electron chi connectivity index (χ0n) is 13.3. The van der Waals surface area contributed by atoms with Gasteiger partial charge in [-0.15, -0.1) is 0 Å². The summed E-state index contributed by atoms with van der Waals surface area (Å²) < 4.78 is 5.19. The fourth-order valence-corrected chi connectivity index (χ4v) is 2.52. The summed E-state index contributed by atoms with van der Waals surface area (Å²) in [6.07, 6.45) is -0.158. The van der Waals surface area contributed by atoms with Crippen molar-refractivity contribution in [2.75, 3.05) is 10.6 Å². The highest BCUT2D eigenvalue weighted by Gasteiger charge is 2.29. The Morgan fingerprint density at radius 1 is 1.32 bits per heavy atom. The summed E-state index contributed by atoms with van der Waals surface area (Å²) in [5.74, 6) is -0.589. The van der Waals surface area contributed by atoms with Crippen molar-refractivity contribution in [3.05, 3.63) is 58.1 Å². The lowest BCUT2D eigenvalue weighted by Gasteiger charge is -2.24. The van der Waals surface area contributed by atoms with E-state index in [1.807, 2.05) is 0 Å². The van der Waals surface area contributed by atoms with Crippen LogP contribution in [-0.4, -0.2) is 22.8 Å². The van der Waals surface area contributed by atoms with Crippen LogP contribution in [0.2, 0.25) is 0 Å². The van der Waals surface area contributed by atoms with E-state index in [1.165, 1.54) is 6.07 Å². The first-order chi connectivity index (χ1) is 11.9. The van der Waals surface area contributed by atoms with Crippen LogP contribution in [0.3, 0.4) is 0 Å². The highest BCUT2D eigenvalue weighted by molar-refractivity contribution is 5.97. The molecule has 128 valence electrons. The quantitative estimate of drug-likeness (QED) is 0.383. The molecule has 2 aromatic carbocycles. The molecule has 1 heterocycles. The van der Waals surface area contributed by atoms with Crippen LogP contribution in [-0.2, 0) is 9.59 Å². The number of nitro groups is 1. The third kappa shape index (κ3) is 3.57. The van der Waals surface area contributed by atoms with E-state index in [1.54, 1.807) is 43.3 Å². The summed E-state index contributed by atoms with van der Waals surface area (Å²) >= 11 is 0. The number of aryl methyl sites for hydroxylation is 1. The van der Waals surface area contributed by atoms with Crippen LogP contribution in [0.25, 0.3) is 0 Å². The molecule has 1 aliphatic heterocycles. The number of nitrogens with one attached hydrogen (secondary N) is 2. The fourth-order valence-electron chi connectivity index (χ4n) is 2.52. The number of ether oxygens (including phenoxy) is 1. The number of nitro benzene ring substituents is 1. The second-order valence-corrected chi connectivity index (χ2v) is 5.62. The van der Waals surface area contributed by atoms with Crippen LogP contribution >= 0.6 is 0 Å². The second kappa shape index (κ2) is 6.60. The minimum Gasteiger partial charge on any atom is -0.423 e. The van der Waals surface area contributed by atoms with Crippen LogP contribution in [0.5, 0.6) is 5.75 Å². The number of para-hydroxylation sites is 2. The number of anilines is 2. The molecule has 8 heteroatoms. The summed E-state index contributed by atoms with van der Waals surface area (Å²) in [7, 11) is 0. The summed E-state index contributed by atoms with van der Waals surface area (Å²) in [5.41, 5.74) is 1.34. The zero-order chi connectivity index (χ0) is 18.0. The van der Waals surface area contributed by atoms with Crippen LogP contribution < -0.4 is 15.4 Å². The molecule has 0 fully saturated rings. The minimum absolute atomic E-state index is 0.0815. The van der Waals surface area contributed by atoms with Crippen molar-refractivity contribution in [3.8, 4) is 5.75 Å². The Bertz CT molecular complexity index is 865. The Morgan fingerprint density at radius 3 is 2.84 bits per heavy atom. The van der Waals surface area contributed by atoms with E-state index in [9.17, 15) is 19.7 Å². The molecule has 0 spiro atoms. The van der Waals surface area contributed by atoms with Gasteiger partial charge in [-0.25, -0.2) is 4.79 Å². The fraction of sp³-hybridized carbons (Fsp3) is 0.176. The average Bonchev–Trinajstić information content (AvgIpc) is 2.57. The van der Waals surface area contributed by atoms with E-state index < -0.39 is 22.8 Å². The molecule has 1 amide bonds. The van der Waals surface area contributed by atoms with Gasteiger partial charge < -0.3 is 15.4 Å². The van der Waals surface area contributed by atoms with Crippen LogP contribution in [0.15, 0.2) is 42.5 Å². The first-order valence-corrected chi connectivity index (χ1v) is 7.56. The summed E-state index contributed by atoms with van der Waals surface area (Å²) in [6, 6.07) is 10.5. The highest BCUT2D eigenvalue weighted by Crippen LogP contribution is 2.29. The molecule has 3 rings (SSSR count). The SMILES string of the molecule is Cc1ccc(NC(=O)C[C@H]2Nc3ccccc3OC2=O)cc1[N+](=O)[O-]. The van der Waals surface area contributed by atoms with Gasteiger partial charge in [-0.1, -0.05) is 18.2 Å². The number of hydrogen-bond donors (Lipinski definition) is 2. The lowest BCUT2D eigenvalue weighted by atomic mass is 10.1. The molecule has 25 heavy (non-hydrogen) atoms. The van der Waals surface area contributed by atoms with Gasteiger partial charge in [0.15, 0.2) is 5.75 Å². The van der Waals surface area contributed by atoms with Crippen LogP contribution in [0.4, 0.5) is 17.1 Å². The minimum atomic E-state index is -0.824. The number of nitrogens with zero attached hydrogens (tertiary/aromatic N) is 1. The standard InChI is InChI=1S/C17H15N3O5/c1-10-6-7-11(8-14(10)20(23)24)18-16(21)9-13-17(22)25-15-5-3-2-4-12(15)19-13/h2-8,13,19H,9H2,1H3,(H,18,21)/t13-/m1/s1. The van der Waals surface area contributed by atoms with Crippen molar-refractivity contribution in [2.24, 2.45) is 0 Å². The summed E-state index contributed by atoms with van der Waals surface area (Å²) in [5, 5.41) is 16.5. The molecule has 0 radical (unpaired) electrons. The number of hydrogen-bond acceptors (Lipinski definition) is 6. The molecule has 1 atom stereocenters. The molecule has 0 aliphatic carbocycles. The van der Waals surface area contributed by atoms with E-state index in [-0.39, 0.29) is 12.1 Å². The molecule has 0 unspecified atom stereocenters. The predicted octanol–water partition coefficient (Wildman–Crippen LogP) is 2.63. The first-order valence-electron chi connectivity index (χ1n) is 7.56. The topological polar surface area (TPSA) is 111 Å². The largest absolute Gasteiger partial charge is 0.423 e. The average molecular weight is 341 g/mol. The van der Waals surface area contributed by atoms with Gasteiger partial charge in [0.2, 0.25) is 5.91 Å². The molecule has 8 nitrogen and oxygen atoms in total. The molecular weight excluding hydrogens is 326 g/mol. The normalized spacial score (nSPS) is 15.6. The Balaban J connectivity index is 1.68. The number of fused-ring (bicyclic) bond motifs is 1. The van der Waals surface area contributed by atoms with Crippen molar-refractivity contribution in [2.45, 2.75) is 19.4 Å². The van der Waals surface area contributed by atoms with Crippen molar-refractivity contribution in [1.82, 2.24) is 0 Å². The number of rotatable bonds is 4. The Hall–Kier alpha value is -3.42. The third-order valence-corrected chi connectivity index (χ3v) is 3.79. The van der Waals surface area contributed by atoms with Crippen molar-refractivity contribution >= 4 is 28.9 Å². The molecule has 2 N–H and O–H groups in total. The van der Waals surface area contributed by atoms with Gasteiger partial charge in [-0.2, -0.15) is 0 Å². The lowest BCUT2D eigenvalue weighted by Crippen LogP contribution is -2.39. The van der Waals surface area contributed by atoms with E-state index in [0.717, 1.165) is 0 Å². The van der Waals surface area contributed by atoms with Crippen LogP contribution in [0, 0.1) is 17.0 Å². The van der Waals surface area contributed by atoms with Crippen LogP contribution in [0.1, 0.15) is 12.0 Å². The molecule has 0 bridgehead atoms. The number of benzene rings is 2. The van der Waals surface area contributed by atoms with Gasteiger partial charge in [-0.3, -0.25) is 14.9 Å². The van der Waals surface area contributed by atoms with Crippen molar-refractivity contribution < 1.29 is 19.2 Å². The summed E-state index contributed by atoms with van der Waals surface area (Å²) in [6.45, 7) is 1.61. The Labute approximate surface area is 142 Å². The molecule has 0 saturated carbocycles. The zero-order valence-corrected chi connectivity index (χ0v) is 13.3. The van der Waals surface area contributed by atoms with E-state index in [2.05, 4.69) is 10.6 Å². The van der Waals surface area contributed by atoms with Gasteiger partial charge in [0.25, 0.3) is 5.69 Å². The number of carbonyl (C=O) groups is 2.